The van der Waals surface area contributed by atoms with Gasteiger partial charge in [-0.25, -0.2) is 4.79 Å². The number of allylic oxidation sites excluding steroid dienone is 1. The maximum atomic E-state index is 12.2. The summed E-state index contributed by atoms with van der Waals surface area (Å²) in [4.78, 5) is 13.2. The first-order valence-corrected chi connectivity index (χ1v) is 7.03. The number of anilines is 1. The lowest BCUT2D eigenvalue weighted by Gasteiger charge is -2.26. The fourth-order valence-electron chi connectivity index (χ4n) is 2.27. The third kappa shape index (κ3) is 1.88. The van der Waals surface area contributed by atoms with Crippen molar-refractivity contribution in [2.75, 3.05) is 12.4 Å². The number of ether oxygens (including phenoxy) is 1. The molecule has 0 fully saturated rings. The molecule has 0 unspecified atom stereocenters. The second-order valence-corrected chi connectivity index (χ2v) is 5.21. The highest BCUT2D eigenvalue weighted by Crippen LogP contribution is 2.37. The summed E-state index contributed by atoms with van der Waals surface area (Å²) in [5.74, 6) is 0.168. The van der Waals surface area contributed by atoms with E-state index in [1.54, 1.807) is 16.0 Å². The van der Waals surface area contributed by atoms with Crippen molar-refractivity contribution in [3.05, 3.63) is 33.7 Å². The minimum atomic E-state index is -0.367. The van der Waals surface area contributed by atoms with E-state index in [-0.39, 0.29) is 12.0 Å². The topological polar surface area (TPSA) is 81.9 Å². The number of hydrogen-bond acceptors (Lipinski definition) is 7. The zero-order chi connectivity index (χ0) is 14.1. The highest BCUT2D eigenvalue weighted by Gasteiger charge is 2.35. The van der Waals surface area contributed by atoms with E-state index < -0.39 is 0 Å². The Kier molecular flexibility index (Phi) is 3.23. The predicted molar refractivity (Wildman–Crippen MR) is 73.2 cm³/mol. The Balaban J connectivity index is 2.19. The summed E-state index contributed by atoms with van der Waals surface area (Å²) in [5, 5.41) is 16.7. The molecule has 0 spiro atoms. The first kappa shape index (κ1) is 12.8. The van der Waals surface area contributed by atoms with Crippen LogP contribution in [0.1, 0.15) is 24.3 Å². The van der Waals surface area contributed by atoms with Crippen LogP contribution in [0.5, 0.6) is 0 Å². The van der Waals surface area contributed by atoms with Crippen molar-refractivity contribution in [2.24, 2.45) is 0 Å². The number of thiophene rings is 1. The number of fused-ring (bicyclic) bond motifs is 1. The zero-order valence-corrected chi connectivity index (χ0v) is 11.8. The van der Waals surface area contributed by atoms with Crippen LogP contribution in [-0.4, -0.2) is 33.3 Å². The van der Waals surface area contributed by atoms with E-state index in [1.165, 1.54) is 7.11 Å². The van der Waals surface area contributed by atoms with E-state index >= 15 is 0 Å². The molecule has 3 rings (SSSR count). The van der Waals surface area contributed by atoms with Crippen molar-refractivity contribution in [2.45, 2.75) is 19.4 Å². The van der Waals surface area contributed by atoms with E-state index in [4.69, 9.17) is 4.74 Å². The number of methoxy groups -OCH3 is 1. The van der Waals surface area contributed by atoms with Gasteiger partial charge < -0.3 is 10.1 Å². The van der Waals surface area contributed by atoms with E-state index in [1.807, 2.05) is 24.4 Å². The smallest absolute Gasteiger partial charge is 0.338 e. The normalized spacial score (nSPS) is 17.6. The minimum absolute atomic E-state index is 0.344. The van der Waals surface area contributed by atoms with Gasteiger partial charge in [0.05, 0.1) is 12.7 Å². The molecule has 3 heterocycles. The molecular weight excluding hydrogens is 278 g/mol. The van der Waals surface area contributed by atoms with Crippen LogP contribution >= 0.6 is 11.3 Å². The van der Waals surface area contributed by atoms with E-state index in [2.05, 4.69) is 20.8 Å². The molecular formula is C12H13N5O2S. The van der Waals surface area contributed by atoms with Gasteiger partial charge in [0.25, 0.3) is 0 Å². The Labute approximate surface area is 119 Å². The summed E-state index contributed by atoms with van der Waals surface area (Å²) < 4.78 is 6.54. The van der Waals surface area contributed by atoms with Gasteiger partial charge in [0.1, 0.15) is 6.04 Å². The van der Waals surface area contributed by atoms with Crippen molar-refractivity contribution in [1.29, 1.82) is 0 Å². The molecule has 104 valence electrons. The molecule has 1 atom stereocenters. The molecule has 0 saturated heterocycles. The summed E-state index contributed by atoms with van der Waals surface area (Å²) >= 11 is 1.55. The van der Waals surface area contributed by atoms with Crippen molar-refractivity contribution >= 4 is 23.3 Å². The van der Waals surface area contributed by atoms with E-state index in [0.717, 1.165) is 10.6 Å². The molecule has 0 aliphatic carbocycles. The summed E-state index contributed by atoms with van der Waals surface area (Å²) in [6.07, 6.45) is 0.666. The van der Waals surface area contributed by atoms with Crippen LogP contribution in [0.3, 0.4) is 0 Å². The molecule has 0 radical (unpaired) electrons. The summed E-state index contributed by atoms with van der Waals surface area (Å²) in [7, 11) is 1.38. The second-order valence-electron chi connectivity index (χ2n) is 4.23. The van der Waals surface area contributed by atoms with Crippen LogP contribution in [0.2, 0.25) is 0 Å². The van der Waals surface area contributed by atoms with E-state index in [9.17, 15) is 4.79 Å². The first-order valence-electron chi connectivity index (χ1n) is 6.16. The van der Waals surface area contributed by atoms with Gasteiger partial charge in [-0.15, -0.1) is 11.3 Å². The van der Waals surface area contributed by atoms with Crippen LogP contribution in [0.15, 0.2) is 28.8 Å². The lowest BCUT2D eigenvalue weighted by Crippen LogP contribution is -2.29. The molecule has 0 amide bonds. The molecule has 1 N–H and O–H groups in total. The largest absolute Gasteiger partial charge is 0.466 e. The Morgan fingerprint density at radius 2 is 2.45 bits per heavy atom. The lowest BCUT2D eigenvalue weighted by atomic mass is 10.00. The van der Waals surface area contributed by atoms with Crippen molar-refractivity contribution in [3.63, 3.8) is 0 Å². The van der Waals surface area contributed by atoms with Crippen molar-refractivity contribution in [3.8, 4) is 0 Å². The number of tetrazole rings is 1. The van der Waals surface area contributed by atoms with E-state index in [0.29, 0.717) is 17.9 Å². The standard InChI is InChI=1S/C12H13N5O2S/c1-3-7-9(11(18)19-2)10(8-5-4-6-20-8)17-12(13-7)14-15-16-17/h4-6,10H,3H2,1-2H3,(H,13,14,16)/t10-/m0/s1. The van der Waals surface area contributed by atoms with Gasteiger partial charge in [0.15, 0.2) is 0 Å². The fourth-order valence-corrected chi connectivity index (χ4v) is 3.09. The molecule has 1 aliphatic heterocycles. The number of aromatic nitrogens is 4. The minimum Gasteiger partial charge on any atom is -0.466 e. The van der Waals surface area contributed by atoms with Gasteiger partial charge in [-0.1, -0.05) is 18.1 Å². The first-order chi connectivity index (χ1) is 9.76. The predicted octanol–water partition coefficient (Wildman–Crippen LogP) is 1.59. The molecule has 8 heteroatoms. The van der Waals surface area contributed by atoms with Gasteiger partial charge in [-0.05, 0) is 28.3 Å². The molecule has 20 heavy (non-hydrogen) atoms. The number of nitrogens with zero attached hydrogens (tertiary/aromatic N) is 4. The molecule has 7 nitrogen and oxygen atoms in total. The van der Waals surface area contributed by atoms with Gasteiger partial charge >= 0.3 is 5.97 Å². The molecule has 2 aromatic rings. The Bertz CT molecular complexity index is 661. The van der Waals surface area contributed by atoms with Crippen LogP contribution < -0.4 is 5.32 Å². The quantitative estimate of drug-likeness (QED) is 0.865. The van der Waals surface area contributed by atoms with Crippen LogP contribution in [0.25, 0.3) is 0 Å². The Morgan fingerprint density at radius 1 is 1.60 bits per heavy atom. The highest BCUT2D eigenvalue weighted by molar-refractivity contribution is 7.10. The van der Waals surface area contributed by atoms with Crippen molar-refractivity contribution < 1.29 is 9.53 Å². The SMILES string of the molecule is CCC1=C(C(=O)OC)[C@H](c2cccs2)n2nnnc2N1. The average Bonchev–Trinajstić information content (AvgIpc) is 3.15. The summed E-state index contributed by atoms with van der Waals surface area (Å²) in [6.45, 7) is 1.97. The summed E-state index contributed by atoms with van der Waals surface area (Å²) in [6, 6.07) is 3.55. The zero-order valence-electron chi connectivity index (χ0n) is 11.0. The van der Waals surface area contributed by atoms with Gasteiger partial charge in [0.2, 0.25) is 5.95 Å². The highest BCUT2D eigenvalue weighted by atomic mass is 32.1. The maximum absolute atomic E-state index is 12.2. The second kappa shape index (κ2) is 5.04. The molecule has 0 bridgehead atoms. The van der Waals surface area contributed by atoms with Crippen molar-refractivity contribution in [1.82, 2.24) is 20.2 Å². The van der Waals surface area contributed by atoms with Crippen LogP contribution in [0, 0.1) is 0 Å². The van der Waals surface area contributed by atoms with Gasteiger partial charge in [-0.2, -0.15) is 4.68 Å². The molecule has 0 saturated carbocycles. The third-order valence-electron chi connectivity index (χ3n) is 3.17. The number of hydrogen-bond donors (Lipinski definition) is 1. The van der Waals surface area contributed by atoms with Gasteiger partial charge in [-0.3, -0.25) is 0 Å². The molecule has 2 aromatic heterocycles. The monoisotopic (exact) mass is 291 g/mol. The number of carbonyl (C=O) groups excluding carboxylic acids is 1. The molecule has 1 aliphatic rings. The summed E-state index contributed by atoms with van der Waals surface area (Å²) in [5.41, 5.74) is 1.34. The number of esters is 1. The maximum Gasteiger partial charge on any atom is 0.338 e. The number of nitrogens with one attached hydrogen (secondary N) is 1. The fraction of sp³-hybridized carbons (Fsp3) is 0.333. The van der Waals surface area contributed by atoms with Crippen LogP contribution in [0.4, 0.5) is 5.95 Å². The number of rotatable bonds is 3. The average molecular weight is 291 g/mol. The third-order valence-corrected chi connectivity index (χ3v) is 4.09. The Morgan fingerprint density at radius 3 is 3.10 bits per heavy atom. The van der Waals surface area contributed by atoms with Gasteiger partial charge in [0, 0.05) is 10.6 Å². The number of carbonyl (C=O) groups is 1. The lowest BCUT2D eigenvalue weighted by molar-refractivity contribution is -0.136. The molecule has 0 aromatic carbocycles. The van der Waals surface area contributed by atoms with Crippen LogP contribution in [-0.2, 0) is 9.53 Å². The Hall–Kier alpha value is -2.22.